The minimum absolute atomic E-state index is 0.384. The summed E-state index contributed by atoms with van der Waals surface area (Å²) in [6.45, 7) is 2.94. The zero-order valence-electron chi connectivity index (χ0n) is 11.1. The summed E-state index contributed by atoms with van der Waals surface area (Å²) in [6.07, 6.45) is -1.22. The standard InChI is InChI=1S/C13H17FN2O4/c1-7(9-3-5-10(14)6-4-9)15-13(20)16-11(8(2)17)12(18)19/h3-8,11,17H,1-2H3,(H,18,19)(H2,15,16,20)/t7?,8-,11+/m1/s1. The fourth-order valence-corrected chi connectivity index (χ4v) is 1.60. The van der Waals surface area contributed by atoms with Crippen LogP contribution in [0.1, 0.15) is 25.5 Å². The first-order valence-electron chi connectivity index (χ1n) is 6.04. The molecular formula is C13H17FN2O4. The highest BCUT2D eigenvalue weighted by atomic mass is 19.1. The molecule has 1 aromatic rings. The number of carbonyl (C=O) groups is 2. The lowest BCUT2D eigenvalue weighted by atomic mass is 10.1. The second-order valence-corrected chi connectivity index (χ2v) is 4.45. The summed E-state index contributed by atoms with van der Waals surface area (Å²) in [6, 6.07) is 3.01. The summed E-state index contributed by atoms with van der Waals surface area (Å²) in [7, 11) is 0. The van der Waals surface area contributed by atoms with Gasteiger partial charge in [-0.3, -0.25) is 0 Å². The number of aliphatic hydroxyl groups is 1. The fraction of sp³-hybridized carbons (Fsp3) is 0.385. The average Bonchev–Trinajstić information content (AvgIpc) is 2.35. The monoisotopic (exact) mass is 284 g/mol. The van der Waals surface area contributed by atoms with Crippen molar-refractivity contribution >= 4 is 12.0 Å². The van der Waals surface area contributed by atoms with Crippen LogP contribution in [0, 0.1) is 5.82 Å². The molecule has 6 nitrogen and oxygen atoms in total. The number of carboxylic acids is 1. The van der Waals surface area contributed by atoms with Crippen LogP contribution in [0.4, 0.5) is 9.18 Å². The fourth-order valence-electron chi connectivity index (χ4n) is 1.60. The van der Waals surface area contributed by atoms with E-state index in [1.165, 1.54) is 31.2 Å². The molecule has 0 heterocycles. The third-order valence-corrected chi connectivity index (χ3v) is 2.75. The Morgan fingerprint density at radius 3 is 2.15 bits per heavy atom. The number of carbonyl (C=O) groups excluding carboxylic acids is 1. The summed E-state index contributed by atoms with van der Waals surface area (Å²) >= 11 is 0. The molecule has 7 heteroatoms. The maximum Gasteiger partial charge on any atom is 0.328 e. The van der Waals surface area contributed by atoms with Gasteiger partial charge >= 0.3 is 12.0 Å². The van der Waals surface area contributed by atoms with E-state index in [1.54, 1.807) is 6.92 Å². The van der Waals surface area contributed by atoms with Crippen molar-refractivity contribution in [1.29, 1.82) is 0 Å². The van der Waals surface area contributed by atoms with Crippen molar-refractivity contribution in [3.63, 3.8) is 0 Å². The lowest BCUT2D eigenvalue weighted by Gasteiger charge is -2.20. The van der Waals surface area contributed by atoms with Crippen LogP contribution in [0.25, 0.3) is 0 Å². The number of aliphatic hydroxyl groups excluding tert-OH is 1. The number of hydrogen-bond donors (Lipinski definition) is 4. The van der Waals surface area contributed by atoms with E-state index in [4.69, 9.17) is 5.11 Å². The van der Waals surface area contributed by atoms with Gasteiger partial charge in [-0.2, -0.15) is 0 Å². The lowest BCUT2D eigenvalue weighted by Crippen LogP contribution is -2.51. The maximum absolute atomic E-state index is 12.8. The smallest absolute Gasteiger partial charge is 0.328 e. The molecule has 20 heavy (non-hydrogen) atoms. The molecule has 1 rings (SSSR count). The number of benzene rings is 1. The van der Waals surface area contributed by atoms with Gasteiger partial charge in [-0.1, -0.05) is 12.1 Å². The van der Waals surface area contributed by atoms with Crippen LogP contribution < -0.4 is 10.6 Å². The Balaban J connectivity index is 2.61. The van der Waals surface area contributed by atoms with Crippen LogP contribution in [0.2, 0.25) is 0 Å². The van der Waals surface area contributed by atoms with Gasteiger partial charge < -0.3 is 20.8 Å². The number of aliphatic carboxylic acids is 1. The van der Waals surface area contributed by atoms with Gasteiger partial charge in [-0.25, -0.2) is 14.0 Å². The number of hydrogen-bond acceptors (Lipinski definition) is 3. The molecule has 0 fully saturated rings. The van der Waals surface area contributed by atoms with Crippen molar-refractivity contribution in [2.24, 2.45) is 0 Å². The quantitative estimate of drug-likeness (QED) is 0.648. The number of halogens is 1. The van der Waals surface area contributed by atoms with E-state index in [1.807, 2.05) is 0 Å². The molecule has 0 saturated carbocycles. The molecule has 0 aromatic heterocycles. The Bertz CT molecular complexity index is 476. The third-order valence-electron chi connectivity index (χ3n) is 2.75. The molecule has 1 aromatic carbocycles. The first-order chi connectivity index (χ1) is 9.31. The SMILES string of the molecule is CC(NC(=O)N[C@H](C(=O)O)[C@@H](C)O)c1ccc(F)cc1. The van der Waals surface area contributed by atoms with E-state index < -0.39 is 30.2 Å². The molecule has 0 aliphatic heterocycles. The van der Waals surface area contributed by atoms with Gasteiger partial charge in [0.25, 0.3) is 0 Å². The molecular weight excluding hydrogens is 267 g/mol. The third kappa shape index (κ3) is 4.51. The lowest BCUT2D eigenvalue weighted by molar-refractivity contribution is -0.141. The van der Waals surface area contributed by atoms with Crippen molar-refractivity contribution in [3.8, 4) is 0 Å². The van der Waals surface area contributed by atoms with E-state index in [0.29, 0.717) is 5.56 Å². The van der Waals surface area contributed by atoms with E-state index in [0.717, 1.165) is 0 Å². The zero-order chi connectivity index (χ0) is 15.3. The highest BCUT2D eigenvalue weighted by Crippen LogP contribution is 2.12. The molecule has 1 unspecified atom stereocenters. The zero-order valence-corrected chi connectivity index (χ0v) is 11.1. The Morgan fingerprint density at radius 2 is 1.70 bits per heavy atom. The van der Waals surface area contributed by atoms with Crippen LogP contribution in [0.5, 0.6) is 0 Å². The number of nitrogens with one attached hydrogen (secondary N) is 2. The molecule has 110 valence electrons. The van der Waals surface area contributed by atoms with Gasteiger partial charge in [0.2, 0.25) is 0 Å². The van der Waals surface area contributed by atoms with Crippen LogP contribution in [0.3, 0.4) is 0 Å². The molecule has 0 bridgehead atoms. The molecule has 4 N–H and O–H groups in total. The summed E-state index contributed by atoms with van der Waals surface area (Å²) in [5.74, 6) is -1.71. The Hall–Kier alpha value is -2.15. The molecule has 0 aliphatic rings. The predicted octanol–water partition coefficient (Wildman–Crippen LogP) is 1.02. The van der Waals surface area contributed by atoms with Crippen molar-refractivity contribution in [2.75, 3.05) is 0 Å². The number of rotatable bonds is 5. The normalized spacial score (nSPS) is 15.0. The molecule has 0 saturated heterocycles. The van der Waals surface area contributed by atoms with Crippen LogP contribution in [-0.4, -0.2) is 34.4 Å². The minimum atomic E-state index is -1.39. The van der Waals surface area contributed by atoms with Gasteiger partial charge in [-0.15, -0.1) is 0 Å². The van der Waals surface area contributed by atoms with Crippen molar-refractivity contribution in [3.05, 3.63) is 35.6 Å². The Morgan fingerprint density at radius 1 is 1.15 bits per heavy atom. The minimum Gasteiger partial charge on any atom is -0.480 e. The van der Waals surface area contributed by atoms with Crippen molar-refractivity contribution in [1.82, 2.24) is 10.6 Å². The summed E-state index contributed by atoms with van der Waals surface area (Å²) in [4.78, 5) is 22.5. The first kappa shape index (κ1) is 15.9. The summed E-state index contributed by atoms with van der Waals surface area (Å²) < 4.78 is 12.8. The second-order valence-electron chi connectivity index (χ2n) is 4.45. The van der Waals surface area contributed by atoms with E-state index in [2.05, 4.69) is 10.6 Å². The molecule has 2 amide bonds. The Kier molecular flexibility index (Phi) is 5.45. The summed E-state index contributed by atoms with van der Waals surface area (Å²) in [5.41, 5.74) is 0.672. The number of amides is 2. The second kappa shape index (κ2) is 6.85. The van der Waals surface area contributed by atoms with Gasteiger partial charge in [0, 0.05) is 0 Å². The molecule has 3 atom stereocenters. The van der Waals surface area contributed by atoms with Crippen LogP contribution >= 0.6 is 0 Å². The topological polar surface area (TPSA) is 98.7 Å². The van der Waals surface area contributed by atoms with Crippen molar-refractivity contribution < 1.29 is 24.2 Å². The molecule has 0 spiro atoms. The molecule has 0 aliphatic carbocycles. The highest BCUT2D eigenvalue weighted by molar-refractivity contribution is 5.83. The van der Waals surface area contributed by atoms with Crippen LogP contribution in [0.15, 0.2) is 24.3 Å². The molecule has 0 radical (unpaired) electrons. The first-order valence-corrected chi connectivity index (χ1v) is 6.04. The number of carboxylic acid groups (broad SMARTS) is 1. The van der Waals surface area contributed by atoms with Gasteiger partial charge in [0.15, 0.2) is 6.04 Å². The van der Waals surface area contributed by atoms with E-state index >= 15 is 0 Å². The van der Waals surface area contributed by atoms with Crippen molar-refractivity contribution in [2.45, 2.75) is 32.0 Å². The van der Waals surface area contributed by atoms with Gasteiger partial charge in [0.1, 0.15) is 5.82 Å². The largest absolute Gasteiger partial charge is 0.480 e. The van der Waals surface area contributed by atoms with Crippen LogP contribution in [-0.2, 0) is 4.79 Å². The highest BCUT2D eigenvalue weighted by Gasteiger charge is 2.25. The Labute approximate surface area is 115 Å². The van der Waals surface area contributed by atoms with Gasteiger partial charge in [-0.05, 0) is 31.5 Å². The van der Waals surface area contributed by atoms with E-state index in [-0.39, 0.29) is 5.82 Å². The predicted molar refractivity (Wildman–Crippen MR) is 69.6 cm³/mol. The summed E-state index contributed by atoms with van der Waals surface area (Å²) in [5, 5.41) is 22.7. The number of urea groups is 1. The van der Waals surface area contributed by atoms with E-state index in [9.17, 15) is 19.1 Å². The van der Waals surface area contributed by atoms with Gasteiger partial charge in [0.05, 0.1) is 12.1 Å². The average molecular weight is 284 g/mol. The maximum atomic E-state index is 12.8.